The molecule has 0 amide bonds. The molecular weight excluding hydrogens is 406 g/mol. The average molecular weight is 416 g/mol. The summed E-state index contributed by atoms with van der Waals surface area (Å²) in [6.07, 6.45) is -4.65. The number of hydrogen-bond acceptors (Lipinski definition) is 5. The zero-order chi connectivity index (χ0) is 19.2. The molecule has 9 heteroatoms. The highest BCUT2D eigenvalue weighted by Crippen LogP contribution is 2.39. The van der Waals surface area contributed by atoms with Crippen LogP contribution in [-0.2, 0) is 18.8 Å². The van der Waals surface area contributed by atoms with E-state index < -0.39 is 22.7 Å². The highest BCUT2D eigenvalue weighted by Gasteiger charge is 2.32. The van der Waals surface area contributed by atoms with Gasteiger partial charge in [0.15, 0.2) is 0 Å². The molecule has 2 aromatic heterocycles. The second kappa shape index (κ2) is 6.71. The van der Waals surface area contributed by atoms with Gasteiger partial charge in [-0.05, 0) is 38.1 Å². The van der Waals surface area contributed by atoms with E-state index in [-0.39, 0.29) is 11.3 Å². The Labute approximate surface area is 159 Å². The molecule has 2 heterocycles. The highest BCUT2D eigenvalue weighted by molar-refractivity contribution is 7.78. The third kappa shape index (κ3) is 3.65. The Balaban J connectivity index is 2.10. The monoisotopic (exact) mass is 416 g/mol. The van der Waals surface area contributed by atoms with E-state index in [0.29, 0.717) is 26.4 Å². The smallest absolute Gasteiger partial charge is 0.416 e. The van der Waals surface area contributed by atoms with E-state index in [1.54, 1.807) is 13.0 Å². The highest BCUT2D eigenvalue weighted by atomic mass is 32.1. The second-order valence-corrected chi connectivity index (χ2v) is 8.35. The fourth-order valence-corrected chi connectivity index (χ4v) is 4.58. The van der Waals surface area contributed by atoms with Gasteiger partial charge in [-0.15, -0.1) is 22.7 Å². The number of carbonyl (C=O) groups excluding carboxylic acids is 1. The van der Waals surface area contributed by atoms with E-state index in [9.17, 15) is 22.4 Å². The fourth-order valence-electron chi connectivity index (χ4n) is 2.46. The van der Waals surface area contributed by atoms with Gasteiger partial charge >= 0.3 is 6.18 Å². The first-order valence-corrected chi connectivity index (χ1v) is 9.28. The lowest BCUT2D eigenvalue weighted by Gasteiger charge is -2.08. The van der Waals surface area contributed by atoms with Gasteiger partial charge in [0.25, 0.3) is 0 Å². The number of hydrogen-bond donors (Lipinski definition) is 0. The Kier molecular flexibility index (Phi) is 4.89. The van der Waals surface area contributed by atoms with E-state index in [2.05, 4.69) is 17.6 Å². The number of halogens is 4. The molecule has 0 spiro atoms. The Morgan fingerprint density at radius 1 is 1.08 bits per heavy atom. The number of nitrogens with zero attached hydrogens (tertiary/aromatic N) is 1. The summed E-state index contributed by atoms with van der Waals surface area (Å²) in [5, 5.41) is 0.0735. The lowest BCUT2D eigenvalue weighted by atomic mass is 10.1. The van der Waals surface area contributed by atoms with Crippen molar-refractivity contribution >= 4 is 40.4 Å². The van der Waals surface area contributed by atoms with Crippen LogP contribution in [0, 0.1) is 19.7 Å². The van der Waals surface area contributed by atoms with E-state index >= 15 is 0 Å². The first-order valence-electron chi connectivity index (χ1n) is 7.24. The molecule has 2 nitrogen and oxygen atoms in total. The van der Waals surface area contributed by atoms with Crippen molar-refractivity contribution < 1.29 is 22.4 Å². The molecule has 0 bridgehead atoms. The second-order valence-electron chi connectivity index (χ2n) is 5.52. The minimum absolute atomic E-state index is 0.0600. The quantitative estimate of drug-likeness (QED) is 0.387. The van der Waals surface area contributed by atoms with Crippen LogP contribution in [0.5, 0.6) is 0 Å². The van der Waals surface area contributed by atoms with Crippen LogP contribution in [0.3, 0.4) is 0 Å². The Bertz CT molecular complexity index is 1000. The number of carbonyl (C=O) groups is 1. The van der Waals surface area contributed by atoms with Crippen molar-refractivity contribution in [3.63, 3.8) is 0 Å². The van der Waals surface area contributed by atoms with Crippen LogP contribution in [0.2, 0.25) is 0 Å². The zero-order valence-electron chi connectivity index (χ0n) is 13.4. The van der Waals surface area contributed by atoms with Crippen LogP contribution in [0.1, 0.15) is 25.0 Å². The Morgan fingerprint density at radius 3 is 2.35 bits per heavy atom. The molecule has 136 valence electrons. The maximum Gasteiger partial charge on any atom is 0.416 e. The minimum Gasteiger partial charge on any atom is -0.736 e. The molecule has 0 aliphatic carbocycles. The number of alkyl halides is 3. The molecule has 3 aromatic rings. The van der Waals surface area contributed by atoms with Gasteiger partial charge in [0.1, 0.15) is 10.8 Å². The van der Waals surface area contributed by atoms with Gasteiger partial charge in [0.2, 0.25) is 0 Å². The van der Waals surface area contributed by atoms with E-state index in [1.165, 1.54) is 22.7 Å². The van der Waals surface area contributed by atoms with E-state index in [0.717, 1.165) is 17.0 Å². The Hall–Kier alpha value is -1.84. The molecule has 0 atom stereocenters. The number of benzene rings is 1. The average Bonchev–Trinajstić information content (AvgIpc) is 3.09. The number of rotatable bonds is 3. The van der Waals surface area contributed by atoms with Crippen molar-refractivity contribution in [3.05, 3.63) is 50.3 Å². The number of aryl methyl sites for hydroxylation is 2. The predicted octanol–water partition coefficient (Wildman–Crippen LogP) is 6.00. The van der Waals surface area contributed by atoms with Crippen LogP contribution in [0.4, 0.5) is 17.6 Å². The fraction of sp³-hybridized carbons (Fsp3) is 0.176. The van der Waals surface area contributed by atoms with Crippen molar-refractivity contribution in [3.8, 4) is 21.8 Å². The summed E-state index contributed by atoms with van der Waals surface area (Å²) in [5.74, 6) is -0.977. The molecule has 0 unspecified atom stereocenters. The maximum absolute atomic E-state index is 13.7. The van der Waals surface area contributed by atoms with Crippen molar-refractivity contribution in [1.82, 2.24) is 4.98 Å². The molecule has 0 fully saturated rings. The Morgan fingerprint density at radius 2 is 1.77 bits per heavy atom. The molecule has 26 heavy (non-hydrogen) atoms. The molecule has 0 saturated heterocycles. The van der Waals surface area contributed by atoms with Gasteiger partial charge in [-0.3, -0.25) is 0 Å². The van der Waals surface area contributed by atoms with Crippen molar-refractivity contribution in [2.45, 2.75) is 20.0 Å². The summed E-state index contributed by atoms with van der Waals surface area (Å²) in [4.78, 5) is 17.6. The van der Waals surface area contributed by atoms with Gasteiger partial charge in [-0.1, -0.05) is 0 Å². The summed E-state index contributed by atoms with van der Waals surface area (Å²) in [6.45, 7) is 3.51. The van der Waals surface area contributed by atoms with Gasteiger partial charge in [-0.2, -0.15) is 13.2 Å². The lowest BCUT2D eigenvalue weighted by Crippen LogP contribution is -2.05. The standard InChI is InChI=1S/C17H11F4NOS3/c1-7-12(6-13(25-7)16(23)24)15-22-14(8(2)26-15)9-3-10(17(19,20)21)5-11(18)4-9/h3-6H,1-2H3,(H,23,24)/p-1. The SMILES string of the molecule is Cc1sc(C(=O)[S-])cc1-c1nc(-c2cc(F)cc(C(F)(F)F)c2)c(C)s1. The molecule has 0 radical (unpaired) electrons. The van der Waals surface area contributed by atoms with Crippen LogP contribution in [0.15, 0.2) is 24.3 Å². The minimum atomic E-state index is -4.65. The summed E-state index contributed by atoms with van der Waals surface area (Å²) in [6, 6.07) is 3.99. The summed E-state index contributed by atoms with van der Waals surface area (Å²) >= 11 is 7.15. The van der Waals surface area contributed by atoms with Crippen LogP contribution >= 0.6 is 22.7 Å². The molecule has 3 rings (SSSR count). The topological polar surface area (TPSA) is 30.0 Å². The predicted molar refractivity (Wildman–Crippen MR) is 97.0 cm³/mol. The molecular formula is C17H10F4NOS3-. The third-order valence-corrected chi connectivity index (χ3v) is 6.05. The van der Waals surface area contributed by atoms with Crippen molar-refractivity contribution in [1.29, 1.82) is 0 Å². The zero-order valence-corrected chi connectivity index (χ0v) is 15.9. The van der Waals surface area contributed by atoms with Gasteiger partial charge < -0.3 is 17.4 Å². The maximum atomic E-state index is 13.7. The van der Waals surface area contributed by atoms with Gasteiger partial charge in [0.05, 0.1) is 16.4 Å². The van der Waals surface area contributed by atoms with Crippen LogP contribution in [0.25, 0.3) is 21.8 Å². The van der Waals surface area contributed by atoms with E-state index in [4.69, 9.17) is 0 Å². The first kappa shape index (κ1) is 18.9. The van der Waals surface area contributed by atoms with Gasteiger partial charge in [0, 0.05) is 25.8 Å². The summed E-state index contributed by atoms with van der Waals surface area (Å²) < 4.78 is 52.5. The van der Waals surface area contributed by atoms with Crippen molar-refractivity contribution in [2.24, 2.45) is 0 Å². The molecule has 0 aliphatic rings. The normalized spacial score (nSPS) is 11.8. The molecule has 1 aromatic carbocycles. The molecule has 0 saturated carbocycles. The number of aromatic nitrogens is 1. The first-order chi connectivity index (χ1) is 12.1. The summed E-state index contributed by atoms with van der Waals surface area (Å²) in [5.41, 5.74) is -0.0150. The number of thiophene rings is 1. The molecule has 0 aliphatic heterocycles. The summed E-state index contributed by atoms with van der Waals surface area (Å²) in [7, 11) is 0. The third-order valence-electron chi connectivity index (χ3n) is 3.64. The lowest BCUT2D eigenvalue weighted by molar-refractivity contribution is -0.137. The largest absolute Gasteiger partial charge is 0.736 e. The van der Waals surface area contributed by atoms with E-state index in [1.807, 2.05) is 6.92 Å². The van der Waals surface area contributed by atoms with Crippen LogP contribution < -0.4 is 0 Å². The van der Waals surface area contributed by atoms with Crippen LogP contribution in [-0.4, -0.2) is 10.1 Å². The van der Waals surface area contributed by atoms with Crippen molar-refractivity contribution in [2.75, 3.05) is 0 Å². The molecule has 0 N–H and O–H groups in total. The number of thiazole rings is 1. The van der Waals surface area contributed by atoms with Gasteiger partial charge in [-0.25, -0.2) is 9.37 Å².